The molecule has 326 valence electrons. The predicted octanol–water partition coefficient (Wildman–Crippen LogP) is 17.5. The summed E-state index contributed by atoms with van der Waals surface area (Å²) in [5.74, 6) is -0.289. The maximum absolute atomic E-state index is 9.67. The third-order valence-corrected chi connectivity index (χ3v) is 14.1. The molecule has 0 N–H and O–H groups in total. The van der Waals surface area contributed by atoms with Crippen LogP contribution in [0.25, 0.3) is 148 Å². The lowest BCUT2D eigenvalue weighted by Gasteiger charge is -2.15. The molecule has 70 heavy (non-hydrogen) atoms. The van der Waals surface area contributed by atoms with Crippen molar-refractivity contribution in [3.63, 3.8) is 0 Å². The highest BCUT2D eigenvalue weighted by Gasteiger charge is 2.21. The lowest BCUT2D eigenvalue weighted by atomic mass is 9.98. The molecule has 6 nitrogen and oxygen atoms in total. The number of para-hydroxylation sites is 6. The van der Waals surface area contributed by atoms with Crippen LogP contribution in [0.1, 0.15) is 19.2 Å². The molecule has 0 saturated heterocycles. The molecule has 10 aromatic carbocycles. The van der Waals surface area contributed by atoms with Crippen molar-refractivity contribution in [1.82, 2.24) is 19.5 Å². The summed E-state index contributed by atoms with van der Waals surface area (Å²) in [6, 6.07) is 35.4. The Morgan fingerprint density at radius 2 is 1.09 bits per heavy atom. The van der Waals surface area contributed by atoms with Gasteiger partial charge in [0.2, 0.25) is 0 Å². The van der Waals surface area contributed by atoms with Crippen LogP contribution in [-0.2, 0) is 0 Å². The second-order valence-electron chi connectivity index (χ2n) is 16.8. The third-order valence-electron chi connectivity index (χ3n) is 12.9. The van der Waals surface area contributed by atoms with Gasteiger partial charge < -0.3 is 13.4 Å². The number of hydrogen-bond acceptors (Lipinski definition) is 6. The van der Waals surface area contributed by atoms with E-state index in [-0.39, 0.29) is 96.2 Å². The quantitative estimate of drug-likeness (QED) is 0.166. The fourth-order valence-corrected chi connectivity index (χ4v) is 10.9. The Morgan fingerprint density at radius 1 is 0.400 bits per heavy atom. The molecule has 0 aliphatic carbocycles. The third kappa shape index (κ3) is 5.95. The maximum atomic E-state index is 9.67. The smallest absolute Gasteiger partial charge is 0.166 e. The van der Waals surface area contributed by atoms with Crippen LogP contribution in [0.4, 0.5) is 0 Å². The fourth-order valence-electron chi connectivity index (χ4n) is 9.71. The summed E-state index contributed by atoms with van der Waals surface area (Å²) in [5, 5.41) is 3.76. The number of benzene rings is 10. The maximum Gasteiger partial charge on any atom is 0.166 e. The minimum Gasteiger partial charge on any atom is -0.456 e. The monoisotopic (exact) mass is 926 g/mol. The van der Waals surface area contributed by atoms with Gasteiger partial charge in [-0.15, -0.1) is 11.3 Å². The van der Waals surface area contributed by atoms with E-state index in [0.29, 0.717) is 5.56 Å². The van der Waals surface area contributed by atoms with Gasteiger partial charge in [-0.25, -0.2) is 15.0 Å². The molecule has 0 amide bonds. The van der Waals surface area contributed by atoms with Gasteiger partial charge in [0.05, 0.1) is 35.9 Å². The number of nitrogens with zero attached hydrogens (tertiary/aromatic N) is 4. The Bertz CT molecular complexity index is 5480. The highest BCUT2D eigenvalue weighted by molar-refractivity contribution is 7.26. The second-order valence-corrected chi connectivity index (χ2v) is 17.8. The van der Waals surface area contributed by atoms with Crippen molar-refractivity contribution >= 4 is 97.2 Å². The van der Waals surface area contributed by atoms with E-state index in [1.807, 2.05) is 54.6 Å². The lowest BCUT2D eigenvalue weighted by molar-refractivity contribution is 0.669. The van der Waals surface area contributed by atoms with Crippen molar-refractivity contribution in [2.24, 2.45) is 0 Å². The Balaban J connectivity index is 0.955. The number of rotatable bonds is 6. The summed E-state index contributed by atoms with van der Waals surface area (Å²) in [6.07, 6.45) is 0. The van der Waals surface area contributed by atoms with Crippen LogP contribution in [0.15, 0.2) is 227 Å². The summed E-state index contributed by atoms with van der Waals surface area (Å²) in [6.45, 7) is 0. The summed E-state index contributed by atoms with van der Waals surface area (Å²) >= 11 is 1.65. The Labute approximate surface area is 423 Å². The normalized spacial score (nSPS) is 14.8. The van der Waals surface area contributed by atoms with Crippen molar-refractivity contribution in [2.75, 3.05) is 0 Å². The van der Waals surface area contributed by atoms with Crippen molar-refractivity contribution < 1.29 is 28.0 Å². The number of fused-ring (bicyclic) bond motifs is 12. The van der Waals surface area contributed by atoms with E-state index < -0.39 is 66.5 Å². The molecule has 0 aliphatic heterocycles. The van der Waals surface area contributed by atoms with Gasteiger partial charge in [0.15, 0.2) is 17.5 Å². The van der Waals surface area contributed by atoms with Gasteiger partial charge in [-0.2, -0.15) is 0 Å². The molecule has 7 heteroatoms. The molecule has 0 bridgehead atoms. The minimum atomic E-state index is -0.579. The minimum absolute atomic E-state index is 0.0214. The first kappa shape index (κ1) is 27.6. The van der Waals surface area contributed by atoms with Crippen molar-refractivity contribution in [3.8, 4) is 62.1 Å². The number of hydrogen-bond donors (Lipinski definition) is 0. The van der Waals surface area contributed by atoms with Gasteiger partial charge in [-0.05, 0) is 83.3 Å². The lowest BCUT2D eigenvalue weighted by Crippen LogP contribution is -2.03. The molecule has 0 radical (unpaired) electrons. The zero-order chi connectivity index (χ0) is 58.0. The highest BCUT2D eigenvalue weighted by atomic mass is 32.1. The first-order valence-corrected chi connectivity index (χ1v) is 23.1. The largest absolute Gasteiger partial charge is 0.456 e. The van der Waals surface area contributed by atoms with E-state index >= 15 is 0 Å². The van der Waals surface area contributed by atoms with Crippen LogP contribution < -0.4 is 0 Å². The predicted molar refractivity (Wildman–Crippen MR) is 289 cm³/mol. The van der Waals surface area contributed by atoms with Crippen LogP contribution in [0.5, 0.6) is 0 Å². The molecule has 0 saturated carbocycles. The summed E-state index contributed by atoms with van der Waals surface area (Å²) in [5.41, 5.74) is 5.27. The molecular formula is C63H36N4O2S. The van der Waals surface area contributed by atoms with E-state index in [2.05, 4.69) is 42.5 Å². The molecule has 0 unspecified atom stereocenters. The van der Waals surface area contributed by atoms with Crippen LogP contribution >= 0.6 is 11.3 Å². The molecular weight excluding hydrogens is 877 g/mol. The van der Waals surface area contributed by atoms with E-state index in [1.165, 1.54) is 10.6 Å². The molecule has 0 fully saturated rings. The van der Waals surface area contributed by atoms with Crippen LogP contribution in [0.2, 0.25) is 0 Å². The van der Waals surface area contributed by atoms with Crippen LogP contribution in [0.3, 0.4) is 0 Å². The topological polar surface area (TPSA) is 69.9 Å². The van der Waals surface area contributed by atoms with E-state index in [9.17, 15) is 6.85 Å². The zero-order valence-electron chi connectivity index (χ0n) is 50.2. The van der Waals surface area contributed by atoms with Crippen molar-refractivity contribution in [2.45, 2.75) is 0 Å². The van der Waals surface area contributed by atoms with Crippen LogP contribution in [0, 0.1) is 0 Å². The molecule has 0 aliphatic rings. The molecule has 15 rings (SSSR count). The van der Waals surface area contributed by atoms with E-state index in [0.717, 1.165) is 64.4 Å². The second kappa shape index (κ2) is 15.2. The fraction of sp³-hybridized carbons (Fsp3) is 0. The van der Waals surface area contributed by atoms with Gasteiger partial charge in [-0.1, -0.05) is 151 Å². The SMILES string of the molecule is [2H]c1cc([2H])c2c(c1[2H])c1c([2H])c([2H])c([2H])c([2H])c1n2-c1ccccc1-c1nc(-c2cccc(-c3cccc4c3sc3ccc(-c5cccc6c5oc5ccccc56)cc34)c2)nc(-c2c([2H])c([2H])c3c(oc4c([2H])c([2H])c([2H])c([2H])c43)c2[2H])n1. The van der Waals surface area contributed by atoms with Crippen LogP contribution in [-0.4, -0.2) is 19.5 Å². The molecule has 15 aromatic rings. The first-order chi connectivity index (χ1) is 40.5. The summed E-state index contributed by atoms with van der Waals surface area (Å²) < 4.78 is 141. The average Bonchev–Trinajstić information content (AvgIpc) is 2.26. The summed E-state index contributed by atoms with van der Waals surface area (Å²) in [7, 11) is 0. The van der Waals surface area contributed by atoms with Gasteiger partial charge in [0.1, 0.15) is 22.3 Å². The number of thiophene rings is 1. The number of furan rings is 2. The number of aromatic nitrogens is 4. The molecule has 0 atom stereocenters. The Morgan fingerprint density at radius 3 is 2.03 bits per heavy atom. The average molecular weight is 927 g/mol. The highest BCUT2D eigenvalue weighted by Crippen LogP contribution is 2.44. The standard InChI is InChI=1S/C63H36N4O2S/c1-6-25-52-43(16-1)44-17-2-7-26-53(44)67(52)54-27-8-3-20-50(54)63-65-61(64-62(66-63)40-30-32-47-45-18-4-9-28-55(45)68-57(47)36-40)39-15-11-14-37(34-39)42-22-13-24-49-51-35-38(31-33-58(51)70-60(42)49)41-21-12-23-48-46-19-5-10-29-56(46)69-59(41)48/h1-36H/i1D,2D,4D,6D,9D,16D,17D,18D,25D,26D,28D,30D,32D,36D. The van der Waals surface area contributed by atoms with Gasteiger partial charge in [0.25, 0.3) is 0 Å². The van der Waals surface area contributed by atoms with E-state index in [1.54, 1.807) is 41.7 Å². The van der Waals surface area contributed by atoms with Gasteiger partial charge in [-0.3, -0.25) is 0 Å². The van der Waals surface area contributed by atoms with Crippen molar-refractivity contribution in [1.29, 1.82) is 0 Å². The zero-order valence-corrected chi connectivity index (χ0v) is 37.0. The molecule has 5 aromatic heterocycles. The summed E-state index contributed by atoms with van der Waals surface area (Å²) in [4.78, 5) is 15.0. The Kier molecular flexibility index (Phi) is 5.98. The van der Waals surface area contributed by atoms with Crippen molar-refractivity contribution in [3.05, 3.63) is 218 Å². The van der Waals surface area contributed by atoms with Gasteiger partial charge in [0, 0.05) is 74.7 Å². The van der Waals surface area contributed by atoms with Gasteiger partial charge >= 0.3 is 0 Å². The molecule has 5 heterocycles. The first-order valence-electron chi connectivity index (χ1n) is 29.3. The van der Waals surface area contributed by atoms with E-state index in [4.69, 9.17) is 36.1 Å². The Hall–Kier alpha value is -9.17. The molecule has 0 spiro atoms.